The van der Waals surface area contributed by atoms with Crippen molar-refractivity contribution in [2.45, 2.75) is 0 Å². The number of rotatable bonds is 2. The summed E-state index contributed by atoms with van der Waals surface area (Å²) in [6, 6.07) is 0. The molecule has 1 aliphatic heterocycles. The number of sulfone groups is 1. The van der Waals surface area contributed by atoms with Gasteiger partial charge >= 0.3 is 0 Å². The fraction of sp³-hybridized carbons (Fsp3) is 0.333. The van der Waals surface area contributed by atoms with Gasteiger partial charge in [0.1, 0.15) is 18.1 Å². The lowest BCUT2D eigenvalue weighted by Gasteiger charge is -2.15. The summed E-state index contributed by atoms with van der Waals surface area (Å²) in [5.74, 6) is 0.633. The van der Waals surface area contributed by atoms with Crippen LogP contribution in [-0.2, 0) is 14.6 Å². The van der Waals surface area contributed by atoms with Crippen molar-refractivity contribution in [3.05, 3.63) is 36.6 Å². The van der Waals surface area contributed by atoms with E-state index in [1.807, 2.05) is 0 Å². The molecule has 0 saturated carbocycles. The van der Waals surface area contributed by atoms with Gasteiger partial charge in [-0.25, -0.2) is 8.42 Å². The molecule has 0 bridgehead atoms. The number of hydrogen-bond donors (Lipinski definition) is 0. The van der Waals surface area contributed by atoms with Crippen molar-refractivity contribution in [2.75, 3.05) is 18.1 Å². The zero-order valence-corrected chi connectivity index (χ0v) is 8.09. The van der Waals surface area contributed by atoms with Crippen LogP contribution < -0.4 is 0 Å². The lowest BCUT2D eigenvalue weighted by atomic mass is 10.4. The quantitative estimate of drug-likeness (QED) is 0.626. The van der Waals surface area contributed by atoms with Gasteiger partial charge in [-0.1, -0.05) is 24.8 Å². The van der Waals surface area contributed by atoms with Crippen LogP contribution in [0.2, 0.25) is 0 Å². The molecule has 1 heterocycles. The molecule has 1 saturated heterocycles. The van der Waals surface area contributed by atoms with Crippen molar-refractivity contribution in [2.24, 2.45) is 0 Å². The first-order valence-corrected chi connectivity index (χ1v) is 5.78. The van der Waals surface area contributed by atoms with Crippen molar-refractivity contribution in [3.63, 3.8) is 0 Å². The first-order chi connectivity index (χ1) is 6.14. The van der Waals surface area contributed by atoms with Crippen LogP contribution in [0.25, 0.3) is 0 Å². The largest absolute Gasteiger partial charge is 0.496 e. The SMILES string of the molecule is C=C/C=C\C=C1/CS(=O)(=O)CCO1. The average Bonchev–Trinajstić information content (AvgIpc) is 2.03. The Morgan fingerprint density at radius 2 is 2.15 bits per heavy atom. The van der Waals surface area contributed by atoms with E-state index in [0.717, 1.165) is 0 Å². The van der Waals surface area contributed by atoms with E-state index < -0.39 is 9.84 Å². The van der Waals surface area contributed by atoms with Crippen LogP contribution in [0.5, 0.6) is 0 Å². The van der Waals surface area contributed by atoms with E-state index in [1.54, 1.807) is 24.3 Å². The Morgan fingerprint density at radius 3 is 2.77 bits per heavy atom. The number of hydrogen-bond acceptors (Lipinski definition) is 3. The zero-order chi connectivity index (χ0) is 9.73. The molecule has 1 rings (SSSR count). The summed E-state index contributed by atoms with van der Waals surface area (Å²) in [4.78, 5) is 0. The third-order valence-electron chi connectivity index (χ3n) is 1.57. The highest BCUT2D eigenvalue weighted by atomic mass is 32.2. The smallest absolute Gasteiger partial charge is 0.160 e. The van der Waals surface area contributed by atoms with E-state index in [9.17, 15) is 8.42 Å². The fourth-order valence-corrected chi connectivity index (χ4v) is 2.06. The highest BCUT2D eigenvalue weighted by molar-refractivity contribution is 7.91. The van der Waals surface area contributed by atoms with Gasteiger partial charge in [0.05, 0.1) is 5.75 Å². The van der Waals surface area contributed by atoms with E-state index >= 15 is 0 Å². The second-order valence-electron chi connectivity index (χ2n) is 2.69. The monoisotopic (exact) mass is 200 g/mol. The van der Waals surface area contributed by atoms with Gasteiger partial charge in [-0.2, -0.15) is 0 Å². The molecule has 0 aromatic rings. The molecule has 3 nitrogen and oxygen atoms in total. The number of allylic oxidation sites excluding steroid dienone is 4. The highest BCUT2D eigenvalue weighted by Gasteiger charge is 2.19. The summed E-state index contributed by atoms with van der Waals surface area (Å²) < 4.78 is 27.4. The molecule has 0 aromatic carbocycles. The molecule has 0 aliphatic carbocycles. The van der Waals surface area contributed by atoms with Gasteiger partial charge in [-0.15, -0.1) is 0 Å². The minimum atomic E-state index is -2.92. The maximum Gasteiger partial charge on any atom is 0.160 e. The third kappa shape index (κ3) is 3.46. The molecule has 1 fully saturated rings. The average molecular weight is 200 g/mol. The molecule has 0 spiro atoms. The predicted molar refractivity (Wildman–Crippen MR) is 52.0 cm³/mol. The summed E-state index contributed by atoms with van der Waals surface area (Å²) in [7, 11) is -2.92. The second-order valence-corrected chi connectivity index (χ2v) is 4.88. The molecule has 0 unspecified atom stereocenters. The van der Waals surface area contributed by atoms with Crippen molar-refractivity contribution in [1.29, 1.82) is 0 Å². The van der Waals surface area contributed by atoms with E-state index in [-0.39, 0.29) is 18.1 Å². The van der Waals surface area contributed by atoms with Gasteiger partial charge in [0, 0.05) is 0 Å². The molecule has 72 valence electrons. The van der Waals surface area contributed by atoms with Crippen LogP contribution in [0.4, 0.5) is 0 Å². The molecule has 0 aromatic heterocycles. The van der Waals surface area contributed by atoms with Crippen LogP contribution in [0.1, 0.15) is 0 Å². The fourth-order valence-electron chi connectivity index (χ4n) is 0.968. The zero-order valence-electron chi connectivity index (χ0n) is 7.27. The normalized spacial score (nSPS) is 24.5. The van der Waals surface area contributed by atoms with Crippen molar-refractivity contribution < 1.29 is 13.2 Å². The van der Waals surface area contributed by atoms with Crippen LogP contribution in [0.3, 0.4) is 0 Å². The Labute approximate surface area is 78.3 Å². The molecule has 0 amide bonds. The van der Waals surface area contributed by atoms with Gasteiger partial charge in [0.2, 0.25) is 0 Å². The predicted octanol–water partition coefficient (Wildman–Crippen LogP) is 1.06. The van der Waals surface area contributed by atoms with Gasteiger partial charge in [-0.3, -0.25) is 0 Å². The Balaban J connectivity index is 2.67. The highest BCUT2D eigenvalue weighted by Crippen LogP contribution is 2.10. The summed E-state index contributed by atoms with van der Waals surface area (Å²) in [6.45, 7) is 3.76. The van der Waals surface area contributed by atoms with E-state index in [2.05, 4.69) is 6.58 Å². The third-order valence-corrected chi connectivity index (χ3v) is 3.09. The minimum absolute atomic E-state index is 0.00842. The lowest BCUT2D eigenvalue weighted by Crippen LogP contribution is -2.24. The molecular formula is C9H12O3S. The summed E-state index contributed by atoms with van der Waals surface area (Å²) in [6.07, 6.45) is 6.70. The maximum absolute atomic E-state index is 11.1. The van der Waals surface area contributed by atoms with E-state index in [1.165, 1.54) is 0 Å². The summed E-state index contributed by atoms with van der Waals surface area (Å²) in [5, 5.41) is 0. The molecular weight excluding hydrogens is 188 g/mol. The lowest BCUT2D eigenvalue weighted by molar-refractivity contribution is 0.225. The second kappa shape index (κ2) is 4.28. The Hall–Kier alpha value is -1.03. The molecule has 0 N–H and O–H groups in total. The maximum atomic E-state index is 11.1. The summed E-state index contributed by atoms with van der Waals surface area (Å²) in [5.41, 5.74) is 0. The minimum Gasteiger partial charge on any atom is -0.496 e. The van der Waals surface area contributed by atoms with Crippen molar-refractivity contribution >= 4 is 9.84 Å². The van der Waals surface area contributed by atoms with Crippen LogP contribution in [-0.4, -0.2) is 26.5 Å². The first-order valence-electron chi connectivity index (χ1n) is 3.95. The standard InChI is InChI=1S/C9H12O3S/c1-2-3-4-5-9-8-13(10,11)7-6-12-9/h2-5H,1,6-8H2/b4-3-,9-5+. The Kier molecular flexibility index (Phi) is 3.31. The van der Waals surface area contributed by atoms with Crippen LogP contribution in [0, 0.1) is 0 Å². The first kappa shape index (κ1) is 10.1. The van der Waals surface area contributed by atoms with Gasteiger partial charge in [0.15, 0.2) is 9.84 Å². The van der Waals surface area contributed by atoms with Crippen LogP contribution >= 0.6 is 0 Å². The number of ether oxygens (including phenoxy) is 1. The Morgan fingerprint density at radius 1 is 1.38 bits per heavy atom. The Bertz CT molecular complexity index is 336. The van der Waals surface area contributed by atoms with Gasteiger partial charge < -0.3 is 4.74 Å². The molecule has 0 atom stereocenters. The van der Waals surface area contributed by atoms with Gasteiger partial charge in [-0.05, 0) is 6.08 Å². The molecule has 13 heavy (non-hydrogen) atoms. The van der Waals surface area contributed by atoms with E-state index in [4.69, 9.17) is 4.74 Å². The topological polar surface area (TPSA) is 43.4 Å². The van der Waals surface area contributed by atoms with Crippen LogP contribution in [0.15, 0.2) is 36.6 Å². The molecule has 4 heteroatoms. The van der Waals surface area contributed by atoms with Crippen molar-refractivity contribution in [1.82, 2.24) is 0 Å². The molecule has 1 aliphatic rings. The molecule has 0 radical (unpaired) electrons. The van der Waals surface area contributed by atoms with E-state index in [0.29, 0.717) is 5.76 Å². The summed E-state index contributed by atoms with van der Waals surface area (Å²) >= 11 is 0. The van der Waals surface area contributed by atoms with Gasteiger partial charge in [0.25, 0.3) is 0 Å². The van der Waals surface area contributed by atoms with Crippen molar-refractivity contribution in [3.8, 4) is 0 Å².